The summed E-state index contributed by atoms with van der Waals surface area (Å²) in [5.41, 5.74) is 0.728. The summed E-state index contributed by atoms with van der Waals surface area (Å²) in [6.45, 7) is 2.63. The van der Waals surface area contributed by atoms with Gasteiger partial charge in [-0.15, -0.1) is 0 Å². The molecular weight excluding hydrogens is 256 g/mol. The average molecular weight is 280 g/mol. The van der Waals surface area contributed by atoms with E-state index in [1.807, 2.05) is 18.2 Å². The lowest BCUT2D eigenvalue weighted by atomic mass is 9.95. The third kappa shape index (κ3) is 3.87. The Morgan fingerprint density at radius 1 is 1.25 bits per heavy atom. The summed E-state index contributed by atoms with van der Waals surface area (Å²) in [7, 11) is 0. The molecule has 0 saturated heterocycles. The first-order chi connectivity index (χ1) is 9.74. The Kier molecular flexibility index (Phi) is 5.68. The summed E-state index contributed by atoms with van der Waals surface area (Å²) in [6, 6.07) is 5.46. The van der Waals surface area contributed by atoms with Crippen molar-refractivity contribution < 1.29 is 19.7 Å². The molecule has 0 spiro atoms. The summed E-state index contributed by atoms with van der Waals surface area (Å²) >= 11 is 0. The monoisotopic (exact) mass is 280 g/mol. The fourth-order valence-corrected chi connectivity index (χ4v) is 2.46. The van der Waals surface area contributed by atoms with Crippen LogP contribution in [0.2, 0.25) is 0 Å². The molecule has 4 heteroatoms. The summed E-state index contributed by atoms with van der Waals surface area (Å²) in [5, 5.41) is 19.4. The van der Waals surface area contributed by atoms with Gasteiger partial charge in [0, 0.05) is 11.6 Å². The van der Waals surface area contributed by atoms with Crippen LogP contribution in [0, 0.1) is 0 Å². The second-order valence-corrected chi connectivity index (χ2v) is 5.28. The zero-order valence-electron chi connectivity index (χ0n) is 12.0. The Balaban J connectivity index is 2.10. The van der Waals surface area contributed by atoms with Gasteiger partial charge in [-0.1, -0.05) is 13.3 Å². The molecular formula is C16H24O4. The van der Waals surface area contributed by atoms with Crippen molar-refractivity contribution in [1.29, 1.82) is 0 Å². The maximum Gasteiger partial charge on any atom is 0.129 e. The summed E-state index contributed by atoms with van der Waals surface area (Å²) in [6.07, 6.45) is 4.10. The third-order valence-corrected chi connectivity index (χ3v) is 3.63. The highest BCUT2D eigenvalue weighted by Gasteiger charge is 2.25. The lowest BCUT2D eigenvalue weighted by Gasteiger charge is -2.29. The van der Waals surface area contributed by atoms with Gasteiger partial charge in [-0.25, -0.2) is 0 Å². The van der Waals surface area contributed by atoms with Crippen LogP contribution in [0.5, 0.6) is 11.5 Å². The molecule has 1 fully saturated rings. The molecule has 1 aliphatic rings. The van der Waals surface area contributed by atoms with Crippen molar-refractivity contribution >= 4 is 0 Å². The molecule has 1 aromatic carbocycles. The van der Waals surface area contributed by atoms with Crippen LogP contribution in [0.3, 0.4) is 0 Å². The van der Waals surface area contributed by atoms with E-state index in [9.17, 15) is 10.2 Å². The first kappa shape index (κ1) is 15.1. The molecule has 0 aliphatic heterocycles. The van der Waals surface area contributed by atoms with Crippen molar-refractivity contribution in [1.82, 2.24) is 0 Å². The fraction of sp³-hybridized carbons (Fsp3) is 0.625. The number of ether oxygens (including phenoxy) is 2. The van der Waals surface area contributed by atoms with Crippen LogP contribution >= 0.6 is 0 Å². The smallest absolute Gasteiger partial charge is 0.129 e. The molecule has 2 unspecified atom stereocenters. The standard InChI is InChI=1S/C16H24O4/c1-2-9-19-13-8-7-12(11-17)16(10-13)20-15-6-4-3-5-14(15)18/h7-8,10,14-15,17-18H,2-6,9,11H2,1H3. The van der Waals surface area contributed by atoms with Gasteiger partial charge in [-0.3, -0.25) is 0 Å². The van der Waals surface area contributed by atoms with Gasteiger partial charge in [0.2, 0.25) is 0 Å². The van der Waals surface area contributed by atoms with Gasteiger partial charge >= 0.3 is 0 Å². The molecule has 112 valence electrons. The zero-order chi connectivity index (χ0) is 14.4. The van der Waals surface area contributed by atoms with E-state index >= 15 is 0 Å². The Morgan fingerprint density at radius 3 is 2.75 bits per heavy atom. The van der Waals surface area contributed by atoms with Gasteiger partial charge in [0.25, 0.3) is 0 Å². The van der Waals surface area contributed by atoms with Crippen LogP contribution in [-0.4, -0.2) is 29.0 Å². The molecule has 0 aromatic heterocycles. The second kappa shape index (κ2) is 7.50. The molecule has 4 nitrogen and oxygen atoms in total. The Hall–Kier alpha value is -1.26. The number of aliphatic hydroxyl groups is 2. The van der Waals surface area contributed by atoms with E-state index in [1.54, 1.807) is 0 Å². The maximum absolute atomic E-state index is 9.99. The molecule has 1 aliphatic carbocycles. The van der Waals surface area contributed by atoms with E-state index < -0.39 is 6.10 Å². The van der Waals surface area contributed by atoms with Crippen LogP contribution in [0.4, 0.5) is 0 Å². The summed E-state index contributed by atoms with van der Waals surface area (Å²) in [5.74, 6) is 1.36. The Morgan fingerprint density at radius 2 is 2.05 bits per heavy atom. The van der Waals surface area contributed by atoms with Crippen molar-refractivity contribution in [2.24, 2.45) is 0 Å². The first-order valence-corrected chi connectivity index (χ1v) is 7.46. The second-order valence-electron chi connectivity index (χ2n) is 5.28. The van der Waals surface area contributed by atoms with Crippen LogP contribution in [0.25, 0.3) is 0 Å². The Bertz CT molecular complexity index is 419. The number of rotatable bonds is 6. The van der Waals surface area contributed by atoms with Crippen LogP contribution in [0.15, 0.2) is 18.2 Å². The third-order valence-electron chi connectivity index (χ3n) is 3.63. The van der Waals surface area contributed by atoms with Crippen molar-refractivity contribution in [2.45, 2.75) is 57.8 Å². The predicted octanol–water partition coefficient (Wildman–Crippen LogP) is 2.65. The van der Waals surface area contributed by atoms with E-state index in [-0.39, 0.29) is 12.7 Å². The SMILES string of the molecule is CCCOc1ccc(CO)c(OC2CCCCC2O)c1. The van der Waals surface area contributed by atoms with Gasteiger partial charge in [0.15, 0.2) is 0 Å². The highest BCUT2D eigenvalue weighted by atomic mass is 16.5. The summed E-state index contributed by atoms with van der Waals surface area (Å²) < 4.78 is 11.5. The quantitative estimate of drug-likeness (QED) is 0.841. The molecule has 1 aromatic rings. The van der Waals surface area contributed by atoms with Crippen LogP contribution in [-0.2, 0) is 6.61 Å². The highest BCUT2D eigenvalue weighted by molar-refractivity contribution is 5.40. The van der Waals surface area contributed by atoms with Gasteiger partial charge in [-0.2, -0.15) is 0 Å². The van der Waals surface area contributed by atoms with E-state index in [0.717, 1.165) is 43.4 Å². The highest BCUT2D eigenvalue weighted by Crippen LogP contribution is 2.29. The van der Waals surface area contributed by atoms with E-state index in [1.165, 1.54) is 0 Å². The molecule has 2 rings (SSSR count). The Labute approximate surface area is 120 Å². The number of hydrogen-bond donors (Lipinski definition) is 2. The van der Waals surface area contributed by atoms with E-state index in [2.05, 4.69) is 6.92 Å². The minimum Gasteiger partial charge on any atom is -0.493 e. The van der Waals surface area contributed by atoms with Gasteiger partial charge in [0.1, 0.15) is 17.6 Å². The van der Waals surface area contributed by atoms with Crippen LogP contribution in [0.1, 0.15) is 44.6 Å². The minimum absolute atomic E-state index is 0.0772. The molecule has 2 atom stereocenters. The molecule has 0 amide bonds. The maximum atomic E-state index is 9.99. The lowest BCUT2D eigenvalue weighted by Crippen LogP contribution is -2.34. The largest absolute Gasteiger partial charge is 0.493 e. The number of aliphatic hydroxyl groups excluding tert-OH is 2. The average Bonchev–Trinajstić information content (AvgIpc) is 2.48. The molecule has 0 bridgehead atoms. The van der Waals surface area contributed by atoms with Crippen molar-refractivity contribution in [2.75, 3.05) is 6.61 Å². The van der Waals surface area contributed by atoms with Gasteiger partial charge in [0.05, 0.1) is 19.3 Å². The first-order valence-electron chi connectivity index (χ1n) is 7.46. The molecule has 1 saturated carbocycles. The van der Waals surface area contributed by atoms with E-state index in [4.69, 9.17) is 9.47 Å². The predicted molar refractivity (Wildman–Crippen MR) is 77.0 cm³/mol. The molecule has 20 heavy (non-hydrogen) atoms. The van der Waals surface area contributed by atoms with Crippen LogP contribution < -0.4 is 9.47 Å². The fourth-order valence-electron chi connectivity index (χ4n) is 2.46. The zero-order valence-corrected chi connectivity index (χ0v) is 12.0. The number of hydrogen-bond acceptors (Lipinski definition) is 4. The topological polar surface area (TPSA) is 58.9 Å². The lowest BCUT2D eigenvalue weighted by molar-refractivity contribution is 0.00574. The molecule has 2 N–H and O–H groups in total. The summed E-state index contributed by atoms with van der Waals surface area (Å²) in [4.78, 5) is 0. The van der Waals surface area contributed by atoms with Crippen molar-refractivity contribution in [3.63, 3.8) is 0 Å². The number of benzene rings is 1. The minimum atomic E-state index is -0.421. The van der Waals surface area contributed by atoms with Gasteiger partial charge in [-0.05, 0) is 37.8 Å². The van der Waals surface area contributed by atoms with Gasteiger partial charge < -0.3 is 19.7 Å². The molecule has 0 radical (unpaired) electrons. The van der Waals surface area contributed by atoms with Crippen molar-refractivity contribution in [3.05, 3.63) is 23.8 Å². The van der Waals surface area contributed by atoms with E-state index in [0.29, 0.717) is 12.4 Å². The normalized spacial score (nSPS) is 22.6. The molecule has 0 heterocycles. The van der Waals surface area contributed by atoms with Crippen molar-refractivity contribution in [3.8, 4) is 11.5 Å².